The molecule has 0 aliphatic heterocycles. The molecule has 0 saturated heterocycles. The van der Waals surface area contributed by atoms with Crippen molar-refractivity contribution in [1.82, 2.24) is 15.0 Å². The van der Waals surface area contributed by atoms with E-state index in [1.54, 1.807) is 4.68 Å². The van der Waals surface area contributed by atoms with Crippen LogP contribution in [0.3, 0.4) is 0 Å². The molecule has 0 bridgehead atoms. The second-order valence-electron chi connectivity index (χ2n) is 4.28. The number of hydrogen-bond acceptors (Lipinski definition) is 4. The smallest absolute Gasteiger partial charge is 0.172 e. The van der Waals surface area contributed by atoms with E-state index in [1.807, 2.05) is 38.1 Å². The van der Waals surface area contributed by atoms with E-state index in [4.69, 9.17) is 4.74 Å². The third kappa shape index (κ3) is 3.19. The Morgan fingerprint density at radius 2 is 2.26 bits per heavy atom. The molecule has 100 valence electrons. The maximum Gasteiger partial charge on any atom is 0.172 e. The number of aldehydes is 1. The van der Waals surface area contributed by atoms with Gasteiger partial charge in [-0.15, -0.1) is 5.10 Å². The molecule has 5 nitrogen and oxygen atoms in total. The summed E-state index contributed by atoms with van der Waals surface area (Å²) in [5, 5.41) is 7.80. The summed E-state index contributed by atoms with van der Waals surface area (Å²) in [6.07, 6.45) is 1.47. The lowest BCUT2D eigenvalue weighted by molar-refractivity contribution is 0.111. The first-order valence-electron chi connectivity index (χ1n) is 6.31. The van der Waals surface area contributed by atoms with E-state index < -0.39 is 0 Å². The van der Waals surface area contributed by atoms with Crippen LogP contribution >= 0.6 is 0 Å². The standard InChI is InChI=1S/C14H17N3O2/c1-3-14-13(10-18)15-16-17(14)7-8-19-12-6-4-5-11(2)9-12/h4-6,9-10H,3,7-8H2,1-2H3. The van der Waals surface area contributed by atoms with Crippen molar-refractivity contribution in [3.63, 3.8) is 0 Å². The van der Waals surface area contributed by atoms with Crippen molar-refractivity contribution in [3.8, 4) is 5.75 Å². The first kappa shape index (κ1) is 13.3. The Hall–Kier alpha value is -2.17. The number of ether oxygens (including phenoxy) is 1. The van der Waals surface area contributed by atoms with Crippen LogP contribution < -0.4 is 4.74 Å². The molecule has 0 atom stereocenters. The van der Waals surface area contributed by atoms with Gasteiger partial charge in [-0.05, 0) is 31.0 Å². The van der Waals surface area contributed by atoms with Crippen LogP contribution in [0, 0.1) is 6.92 Å². The maximum absolute atomic E-state index is 10.8. The Morgan fingerprint density at radius 1 is 1.42 bits per heavy atom. The van der Waals surface area contributed by atoms with E-state index in [9.17, 15) is 4.79 Å². The summed E-state index contributed by atoms with van der Waals surface area (Å²) in [5.41, 5.74) is 2.43. The molecule has 0 saturated carbocycles. The lowest BCUT2D eigenvalue weighted by atomic mass is 10.2. The number of aromatic nitrogens is 3. The number of aryl methyl sites for hydroxylation is 1. The van der Waals surface area contributed by atoms with Gasteiger partial charge < -0.3 is 4.74 Å². The molecule has 0 aliphatic rings. The van der Waals surface area contributed by atoms with Crippen LogP contribution in [-0.2, 0) is 13.0 Å². The van der Waals surface area contributed by atoms with E-state index in [-0.39, 0.29) is 0 Å². The fourth-order valence-electron chi connectivity index (χ4n) is 1.94. The first-order valence-corrected chi connectivity index (χ1v) is 6.31. The number of carbonyl (C=O) groups excluding carboxylic acids is 1. The van der Waals surface area contributed by atoms with E-state index in [2.05, 4.69) is 10.3 Å². The zero-order valence-corrected chi connectivity index (χ0v) is 11.2. The molecular formula is C14H17N3O2. The first-order chi connectivity index (χ1) is 9.24. The molecule has 0 radical (unpaired) electrons. The highest BCUT2D eigenvalue weighted by Gasteiger charge is 2.09. The Bertz CT molecular complexity index is 564. The molecular weight excluding hydrogens is 242 g/mol. The predicted octanol–water partition coefficient (Wildman–Crippen LogP) is 2.04. The van der Waals surface area contributed by atoms with Crippen molar-refractivity contribution < 1.29 is 9.53 Å². The third-order valence-electron chi connectivity index (χ3n) is 2.88. The minimum atomic E-state index is 0.415. The van der Waals surface area contributed by atoms with Gasteiger partial charge in [-0.2, -0.15) is 0 Å². The number of benzene rings is 1. The van der Waals surface area contributed by atoms with Gasteiger partial charge in [0.25, 0.3) is 0 Å². The van der Waals surface area contributed by atoms with Crippen LogP contribution in [0.4, 0.5) is 0 Å². The Kier molecular flexibility index (Phi) is 4.28. The van der Waals surface area contributed by atoms with Crippen LogP contribution in [0.1, 0.15) is 28.7 Å². The number of rotatable bonds is 6. The largest absolute Gasteiger partial charge is 0.492 e. The molecule has 0 fully saturated rings. The molecule has 0 amide bonds. The maximum atomic E-state index is 10.8. The average molecular weight is 259 g/mol. The van der Waals surface area contributed by atoms with Crippen molar-refractivity contribution in [2.45, 2.75) is 26.8 Å². The number of nitrogens with zero attached hydrogens (tertiary/aromatic N) is 3. The van der Waals surface area contributed by atoms with Crippen molar-refractivity contribution in [1.29, 1.82) is 0 Å². The van der Waals surface area contributed by atoms with Gasteiger partial charge in [0.15, 0.2) is 6.29 Å². The van der Waals surface area contributed by atoms with Gasteiger partial charge in [0.2, 0.25) is 0 Å². The second kappa shape index (κ2) is 6.13. The molecule has 1 aromatic carbocycles. The summed E-state index contributed by atoms with van der Waals surface area (Å²) in [7, 11) is 0. The molecule has 1 aromatic heterocycles. The van der Waals surface area contributed by atoms with Gasteiger partial charge in [-0.1, -0.05) is 24.3 Å². The van der Waals surface area contributed by atoms with Crippen LogP contribution in [0.2, 0.25) is 0 Å². The molecule has 0 unspecified atom stereocenters. The topological polar surface area (TPSA) is 57.0 Å². The fraction of sp³-hybridized carbons (Fsp3) is 0.357. The summed E-state index contributed by atoms with van der Waals surface area (Å²) >= 11 is 0. The molecule has 19 heavy (non-hydrogen) atoms. The predicted molar refractivity (Wildman–Crippen MR) is 71.5 cm³/mol. The minimum absolute atomic E-state index is 0.415. The van der Waals surface area contributed by atoms with E-state index >= 15 is 0 Å². The van der Waals surface area contributed by atoms with Gasteiger partial charge >= 0.3 is 0 Å². The van der Waals surface area contributed by atoms with Crippen molar-refractivity contribution >= 4 is 6.29 Å². The lowest BCUT2D eigenvalue weighted by Crippen LogP contribution is -2.12. The zero-order valence-electron chi connectivity index (χ0n) is 11.2. The molecule has 0 aliphatic carbocycles. The van der Waals surface area contributed by atoms with Crippen molar-refractivity contribution in [2.75, 3.05) is 6.61 Å². The zero-order chi connectivity index (χ0) is 13.7. The van der Waals surface area contributed by atoms with E-state index in [0.29, 0.717) is 18.8 Å². The SMILES string of the molecule is CCc1c(C=O)nnn1CCOc1cccc(C)c1. The third-order valence-corrected chi connectivity index (χ3v) is 2.88. The number of carbonyl (C=O) groups is 1. The summed E-state index contributed by atoms with van der Waals surface area (Å²) in [4.78, 5) is 10.8. The van der Waals surface area contributed by atoms with Crippen molar-refractivity contribution in [2.24, 2.45) is 0 Å². The second-order valence-corrected chi connectivity index (χ2v) is 4.28. The van der Waals surface area contributed by atoms with Gasteiger partial charge in [-0.3, -0.25) is 4.79 Å². The molecule has 2 rings (SSSR count). The molecule has 0 N–H and O–H groups in total. The highest BCUT2D eigenvalue weighted by molar-refractivity contribution is 5.73. The van der Waals surface area contributed by atoms with Crippen LogP contribution in [0.25, 0.3) is 0 Å². The monoisotopic (exact) mass is 259 g/mol. The average Bonchev–Trinajstić information content (AvgIpc) is 2.81. The summed E-state index contributed by atoms with van der Waals surface area (Å²) in [6.45, 7) is 5.08. The van der Waals surface area contributed by atoms with Gasteiger partial charge in [0.05, 0.1) is 12.2 Å². The minimum Gasteiger partial charge on any atom is -0.492 e. The summed E-state index contributed by atoms with van der Waals surface area (Å²) in [5.74, 6) is 0.841. The Morgan fingerprint density at radius 3 is 2.95 bits per heavy atom. The molecule has 5 heteroatoms. The van der Waals surface area contributed by atoms with E-state index in [0.717, 1.165) is 29.7 Å². The Labute approximate surface area is 112 Å². The molecule has 0 spiro atoms. The van der Waals surface area contributed by atoms with Gasteiger partial charge in [0, 0.05) is 0 Å². The highest BCUT2D eigenvalue weighted by Crippen LogP contribution is 2.12. The molecule has 2 aromatic rings. The van der Waals surface area contributed by atoms with Crippen LogP contribution in [-0.4, -0.2) is 27.9 Å². The summed E-state index contributed by atoms with van der Waals surface area (Å²) in [6, 6.07) is 7.89. The normalized spacial score (nSPS) is 10.4. The lowest BCUT2D eigenvalue weighted by Gasteiger charge is -2.08. The quantitative estimate of drug-likeness (QED) is 0.745. The molecule has 1 heterocycles. The van der Waals surface area contributed by atoms with Gasteiger partial charge in [0.1, 0.15) is 18.1 Å². The van der Waals surface area contributed by atoms with Crippen LogP contribution in [0.15, 0.2) is 24.3 Å². The Balaban J connectivity index is 1.96. The highest BCUT2D eigenvalue weighted by atomic mass is 16.5. The van der Waals surface area contributed by atoms with Crippen LogP contribution in [0.5, 0.6) is 5.75 Å². The van der Waals surface area contributed by atoms with E-state index in [1.165, 1.54) is 0 Å². The fourth-order valence-corrected chi connectivity index (χ4v) is 1.94. The summed E-state index contributed by atoms with van der Waals surface area (Å²) < 4.78 is 7.38. The van der Waals surface area contributed by atoms with Crippen molar-refractivity contribution in [3.05, 3.63) is 41.2 Å². The van der Waals surface area contributed by atoms with Gasteiger partial charge in [-0.25, -0.2) is 4.68 Å². The number of hydrogen-bond donors (Lipinski definition) is 0.